The van der Waals surface area contributed by atoms with Gasteiger partial charge in [-0.1, -0.05) is 30.3 Å². The van der Waals surface area contributed by atoms with Crippen LogP contribution in [0.25, 0.3) is 0 Å². The fourth-order valence-electron chi connectivity index (χ4n) is 3.60. The van der Waals surface area contributed by atoms with E-state index in [9.17, 15) is 8.42 Å². The van der Waals surface area contributed by atoms with Crippen molar-refractivity contribution in [2.45, 2.75) is 16.7 Å². The maximum atomic E-state index is 12.8. The summed E-state index contributed by atoms with van der Waals surface area (Å²) in [5.41, 5.74) is 7.10. The zero-order valence-electron chi connectivity index (χ0n) is 17.3. The molecule has 0 aliphatic carbocycles. The van der Waals surface area contributed by atoms with Crippen LogP contribution in [0.2, 0.25) is 0 Å². The molecule has 1 fully saturated rings. The van der Waals surface area contributed by atoms with Gasteiger partial charge in [0.15, 0.2) is 0 Å². The number of anilines is 3. The number of ether oxygens (including phenoxy) is 1. The second-order valence-electron chi connectivity index (χ2n) is 7.11. The van der Waals surface area contributed by atoms with Crippen LogP contribution < -0.4 is 20.3 Å². The highest BCUT2D eigenvalue weighted by Crippen LogP contribution is 2.30. The van der Waals surface area contributed by atoms with Crippen LogP contribution >= 0.6 is 0 Å². The van der Waals surface area contributed by atoms with Gasteiger partial charge in [-0.15, -0.1) is 0 Å². The molecule has 2 aromatic carbocycles. The van der Waals surface area contributed by atoms with E-state index in [4.69, 9.17) is 10.5 Å². The second-order valence-corrected chi connectivity index (χ2v) is 9.03. The van der Waals surface area contributed by atoms with Crippen molar-refractivity contribution >= 4 is 27.3 Å². The molecule has 2 heterocycles. The third kappa shape index (κ3) is 4.27. The lowest BCUT2D eigenvalue weighted by Crippen LogP contribution is -2.47. The van der Waals surface area contributed by atoms with Crippen molar-refractivity contribution in [1.29, 1.82) is 0 Å². The molecule has 1 aliphatic heterocycles. The monoisotopic (exact) mass is 439 g/mol. The van der Waals surface area contributed by atoms with Crippen molar-refractivity contribution in [3.8, 4) is 5.75 Å². The van der Waals surface area contributed by atoms with Crippen LogP contribution in [0.4, 0.5) is 17.5 Å². The molecule has 0 spiro atoms. The van der Waals surface area contributed by atoms with Crippen LogP contribution in [-0.4, -0.2) is 51.2 Å². The number of hydrogen-bond acceptors (Lipinski definition) is 8. The van der Waals surface area contributed by atoms with Gasteiger partial charge in [0.2, 0.25) is 15.8 Å². The number of nitrogen functional groups attached to an aromatic ring is 1. The fraction of sp³-hybridized carbons (Fsp3) is 0.273. The fourth-order valence-corrected chi connectivity index (χ4v) is 4.89. The van der Waals surface area contributed by atoms with Gasteiger partial charge in [-0.05, 0) is 31.2 Å². The smallest absolute Gasteiger partial charge is 0.227 e. The molecule has 0 amide bonds. The molecule has 0 radical (unpaired) electrons. The molecule has 0 saturated carbocycles. The van der Waals surface area contributed by atoms with Crippen LogP contribution in [0.3, 0.4) is 0 Å². The van der Waals surface area contributed by atoms with Gasteiger partial charge in [0, 0.05) is 26.2 Å². The maximum absolute atomic E-state index is 12.8. The molecular weight excluding hydrogens is 414 g/mol. The average Bonchev–Trinajstić information content (AvgIpc) is 2.80. The third-order valence-corrected chi connectivity index (χ3v) is 6.97. The maximum Gasteiger partial charge on any atom is 0.227 e. The number of sulfone groups is 1. The highest BCUT2D eigenvalue weighted by Gasteiger charge is 2.25. The molecule has 2 N–H and O–H groups in total. The van der Waals surface area contributed by atoms with E-state index in [0.717, 1.165) is 24.5 Å². The van der Waals surface area contributed by atoms with Gasteiger partial charge in [-0.25, -0.2) is 13.4 Å². The topological polar surface area (TPSA) is 102 Å². The summed E-state index contributed by atoms with van der Waals surface area (Å²) in [6.07, 6.45) is 1.30. The number of nitrogens with two attached hydrogens (primary N) is 1. The zero-order valence-corrected chi connectivity index (χ0v) is 18.1. The van der Waals surface area contributed by atoms with E-state index in [1.165, 1.54) is 18.3 Å². The molecule has 1 saturated heterocycles. The van der Waals surface area contributed by atoms with Crippen molar-refractivity contribution in [3.63, 3.8) is 0 Å². The van der Waals surface area contributed by atoms with Gasteiger partial charge >= 0.3 is 0 Å². The first-order valence-electron chi connectivity index (χ1n) is 10.1. The molecule has 162 valence electrons. The van der Waals surface area contributed by atoms with Crippen LogP contribution in [0, 0.1) is 0 Å². The molecule has 0 unspecified atom stereocenters. The number of hydrogen-bond donors (Lipinski definition) is 1. The summed E-state index contributed by atoms with van der Waals surface area (Å²) < 4.78 is 31.4. The van der Waals surface area contributed by atoms with E-state index in [2.05, 4.69) is 20.9 Å². The van der Waals surface area contributed by atoms with Gasteiger partial charge in [0.05, 0.1) is 23.4 Å². The van der Waals surface area contributed by atoms with Crippen LogP contribution in [0.15, 0.2) is 70.6 Å². The number of rotatable bonds is 6. The number of piperazine rings is 1. The first-order valence-corrected chi connectivity index (χ1v) is 11.6. The lowest BCUT2D eigenvalue weighted by atomic mass is 10.2. The van der Waals surface area contributed by atoms with Crippen molar-refractivity contribution in [1.82, 2.24) is 9.97 Å². The Morgan fingerprint density at radius 1 is 0.968 bits per heavy atom. The molecule has 9 heteroatoms. The minimum absolute atomic E-state index is 0.0435. The Balaban J connectivity index is 1.50. The van der Waals surface area contributed by atoms with Crippen molar-refractivity contribution in [3.05, 3.63) is 60.8 Å². The summed E-state index contributed by atoms with van der Waals surface area (Å²) in [6, 6.07) is 16.1. The number of benzene rings is 2. The summed E-state index contributed by atoms with van der Waals surface area (Å²) >= 11 is 0. The quantitative estimate of drug-likeness (QED) is 0.625. The Kier molecular flexibility index (Phi) is 5.94. The minimum Gasteiger partial charge on any atom is -0.492 e. The van der Waals surface area contributed by atoms with Gasteiger partial charge in [-0.3, -0.25) is 0 Å². The Hall–Kier alpha value is -3.33. The summed E-state index contributed by atoms with van der Waals surface area (Å²) in [6.45, 7) is 5.48. The normalized spacial score (nSPS) is 14.5. The van der Waals surface area contributed by atoms with E-state index < -0.39 is 9.84 Å². The molecule has 1 aliphatic rings. The van der Waals surface area contributed by atoms with Gasteiger partial charge in [0.25, 0.3) is 0 Å². The van der Waals surface area contributed by atoms with E-state index in [-0.39, 0.29) is 15.6 Å². The van der Waals surface area contributed by atoms with Crippen LogP contribution in [0.5, 0.6) is 5.75 Å². The zero-order chi connectivity index (χ0) is 21.8. The molecule has 3 aromatic rings. The lowest BCUT2D eigenvalue weighted by Gasteiger charge is -2.36. The largest absolute Gasteiger partial charge is 0.492 e. The van der Waals surface area contributed by atoms with Gasteiger partial charge in [0.1, 0.15) is 16.5 Å². The molecule has 1 aromatic heterocycles. The Labute approximate surface area is 182 Å². The highest BCUT2D eigenvalue weighted by molar-refractivity contribution is 7.91. The van der Waals surface area contributed by atoms with Crippen LogP contribution in [0.1, 0.15) is 6.92 Å². The Morgan fingerprint density at radius 2 is 1.61 bits per heavy atom. The Bertz CT molecular complexity index is 1150. The summed E-state index contributed by atoms with van der Waals surface area (Å²) in [5, 5.41) is 0. The second kappa shape index (κ2) is 8.81. The Morgan fingerprint density at radius 3 is 2.29 bits per heavy atom. The molecule has 0 atom stereocenters. The van der Waals surface area contributed by atoms with Crippen molar-refractivity contribution < 1.29 is 13.2 Å². The molecular formula is C22H25N5O3S. The lowest BCUT2D eigenvalue weighted by molar-refractivity contribution is 0.340. The molecule has 0 bridgehead atoms. The minimum atomic E-state index is -3.76. The predicted octanol–water partition coefficient (Wildman–Crippen LogP) is 2.62. The summed E-state index contributed by atoms with van der Waals surface area (Å²) in [5.74, 6) is 1.26. The van der Waals surface area contributed by atoms with Gasteiger partial charge in [-0.2, -0.15) is 4.98 Å². The number of aromatic nitrogens is 2. The highest BCUT2D eigenvalue weighted by atomic mass is 32.2. The van der Waals surface area contributed by atoms with Crippen molar-refractivity contribution in [2.24, 2.45) is 0 Å². The standard InChI is InChI=1S/C22H25N5O3S/c1-2-30-19-11-7-6-10-18(19)26-12-14-27(15-13-26)22-24-16-20(21(23)25-22)31(28,29)17-8-4-3-5-9-17/h3-11,16H,2,12-15H2,1H3,(H2,23,24,25). The number of para-hydroxylation sites is 2. The molecule has 4 rings (SSSR count). The first-order chi connectivity index (χ1) is 15.0. The molecule has 31 heavy (non-hydrogen) atoms. The predicted molar refractivity (Wildman–Crippen MR) is 120 cm³/mol. The van der Waals surface area contributed by atoms with E-state index in [1.807, 2.05) is 30.0 Å². The van der Waals surface area contributed by atoms with E-state index >= 15 is 0 Å². The van der Waals surface area contributed by atoms with Gasteiger partial charge < -0.3 is 20.3 Å². The summed E-state index contributed by atoms with van der Waals surface area (Å²) in [4.78, 5) is 13.0. The van der Waals surface area contributed by atoms with E-state index in [0.29, 0.717) is 25.6 Å². The van der Waals surface area contributed by atoms with Crippen molar-refractivity contribution in [2.75, 3.05) is 48.3 Å². The first kappa shape index (κ1) is 20.9. The number of nitrogens with zero attached hydrogens (tertiary/aromatic N) is 4. The molecule has 8 nitrogen and oxygen atoms in total. The summed E-state index contributed by atoms with van der Waals surface area (Å²) in [7, 11) is -3.76. The van der Waals surface area contributed by atoms with Crippen LogP contribution in [-0.2, 0) is 9.84 Å². The third-order valence-electron chi connectivity index (χ3n) is 5.18. The SMILES string of the molecule is CCOc1ccccc1N1CCN(c2ncc(S(=O)(=O)c3ccccc3)c(N)n2)CC1. The average molecular weight is 440 g/mol. The van der Waals surface area contributed by atoms with E-state index in [1.54, 1.807) is 18.2 Å².